The van der Waals surface area contributed by atoms with E-state index in [-0.39, 0.29) is 0 Å². The van der Waals surface area contributed by atoms with Gasteiger partial charge in [0.15, 0.2) is 0 Å². The Balaban J connectivity index is 3.08. The molecule has 1 heterocycles. The molecule has 0 aliphatic rings. The summed E-state index contributed by atoms with van der Waals surface area (Å²) in [6.45, 7) is 5.34. The monoisotopic (exact) mass is 264 g/mol. The molecule has 0 unspecified atom stereocenters. The Bertz CT molecular complexity index is 448. The minimum absolute atomic E-state index is 0.604. The van der Waals surface area contributed by atoms with Crippen molar-refractivity contribution in [2.24, 2.45) is 5.14 Å². The van der Waals surface area contributed by atoms with Crippen LogP contribution in [-0.2, 0) is 14.8 Å². The van der Waals surface area contributed by atoms with E-state index in [2.05, 4.69) is 4.98 Å². The Morgan fingerprint density at radius 1 is 1.44 bits per heavy atom. The van der Waals surface area contributed by atoms with Crippen molar-refractivity contribution >= 4 is 21.4 Å². The van der Waals surface area contributed by atoms with Gasteiger partial charge in [0, 0.05) is 12.0 Å². The van der Waals surface area contributed by atoms with Gasteiger partial charge in [0.2, 0.25) is 10.0 Å². The maximum atomic E-state index is 11.3. The molecule has 0 saturated heterocycles. The second-order valence-corrected chi connectivity index (χ2v) is 6.80. The van der Waals surface area contributed by atoms with E-state index in [1.54, 1.807) is 0 Å². The number of hydrogen-bond acceptors (Lipinski definition) is 5. The summed E-state index contributed by atoms with van der Waals surface area (Å²) in [5.74, 6) is 0. The molecule has 0 spiro atoms. The largest absolute Gasteiger partial charge is 0.373 e. The molecule has 1 rings (SSSR count). The van der Waals surface area contributed by atoms with Crippen LogP contribution in [0.4, 0.5) is 0 Å². The predicted octanol–water partition coefficient (Wildman–Crippen LogP) is 1.12. The predicted molar refractivity (Wildman–Crippen MR) is 63.9 cm³/mol. The van der Waals surface area contributed by atoms with E-state index < -0.39 is 21.4 Å². The number of nitrogens with zero attached hydrogens (tertiary/aromatic N) is 1. The second-order valence-electron chi connectivity index (χ2n) is 3.64. The van der Waals surface area contributed by atoms with Crippen molar-refractivity contribution in [1.82, 2.24) is 4.98 Å². The number of hydrogen-bond donors (Lipinski definition) is 1. The summed E-state index contributed by atoms with van der Waals surface area (Å²) in [6.07, 6.45) is -0.604. The first-order chi connectivity index (χ1) is 7.27. The van der Waals surface area contributed by atoms with Gasteiger partial charge in [-0.2, -0.15) is 0 Å². The third-order valence-corrected chi connectivity index (χ3v) is 4.90. The highest BCUT2D eigenvalue weighted by Gasteiger charge is 2.30. The van der Waals surface area contributed by atoms with Crippen molar-refractivity contribution in [2.75, 3.05) is 7.11 Å². The van der Waals surface area contributed by atoms with Gasteiger partial charge in [-0.1, -0.05) is 0 Å². The first kappa shape index (κ1) is 13.6. The van der Waals surface area contributed by atoms with Gasteiger partial charge in [0.25, 0.3) is 0 Å². The van der Waals surface area contributed by atoms with Gasteiger partial charge >= 0.3 is 0 Å². The van der Waals surface area contributed by atoms with E-state index in [0.29, 0.717) is 5.01 Å². The highest BCUT2D eigenvalue weighted by Crippen LogP contribution is 2.29. The Hall–Kier alpha value is -0.500. The maximum absolute atomic E-state index is 11.3. The molecule has 16 heavy (non-hydrogen) atoms. The molecule has 92 valence electrons. The Morgan fingerprint density at radius 2 is 2.00 bits per heavy atom. The van der Waals surface area contributed by atoms with E-state index in [9.17, 15) is 8.42 Å². The topological polar surface area (TPSA) is 82.3 Å². The van der Waals surface area contributed by atoms with Gasteiger partial charge in [-0.15, -0.1) is 11.3 Å². The molecule has 2 N–H and O–H groups in total. The zero-order chi connectivity index (χ0) is 12.5. The lowest BCUT2D eigenvalue weighted by molar-refractivity contribution is 0.102. The molecule has 0 fully saturated rings. The standard InChI is InChI=1S/C9H16N2O3S2/c1-5-6(2)15-9(11-5)8(14-4)7(3)16(10,12)13/h7-8H,1-4H3,(H2,10,12,13)/t7-,8+/m0/s1. The minimum Gasteiger partial charge on any atom is -0.373 e. The molecule has 0 aliphatic heterocycles. The van der Waals surface area contributed by atoms with E-state index in [0.717, 1.165) is 10.6 Å². The lowest BCUT2D eigenvalue weighted by atomic mass is 10.3. The fourth-order valence-corrected chi connectivity index (χ4v) is 3.06. The summed E-state index contributed by atoms with van der Waals surface area (Å²) >= 11 is 1.44. The lowest BCUT2D eigenvalue weighted by Gasteiger charge is -2.18. The fraction of sp³-hybridized carbons (Fsp3) is 0.667. The number of nitrogens with two attached hydrogens (primary N) is 1. The summed E-state index contributed by atoms with van der Waals surface area (Å²) in [5, 5.41) is 4.96. The molecule has 1 aromatic rings. The van der Waals surface area contributed by atoms with Crippen molar-refractivity contribution < 1.29 is 13.2 Å². The van der Waals surface area contributed by atoms with E-state index in [4.69, 9.17) is 9.88 Å². The first-order valence-corrected chi connectivity index (χ1v) is 7.18. The third-order valence-electron chi connectivity index (χ3n) is 2.49. The third kappa shape index (κ3) is 2.79. The molecule has 0 radical (unpaired) electrons. The van der Waals surface area contributed by atoms with Crippen LogP contribution >= 0.6 is 11.3 Å². The summed E-state index contributed by atoms with van der Waals surface area (Å²) < 4.78 is 27.7. The average molecular weight is 264 g/mol. The van der Waals surface area contributed by atoms with Crippen LogP contribution in [0.2, 0.25) is 0 Å². The summed E-state index contributed by atoms with van der Waals surface area (Å²) in [5.41, 5.74) is 0.892. The van der Waals surface area contributed by atoms with Crippen molar-refractivity contribution in [3.63, 3.8) is 0 Å². The number of ether oxygens (including phenoxy) is 1. The summed E-state index contributed by atoms with van der Waals surface area (Å²) in [7, 11) is -2.17. The molecule has 5 nitrogen and oxygen atoms in total. The Labute approximate surface area is 99.7 Å². The van der Waals surface area contributed by atoms with E-state index in [1.165, 1.54) is 25.4 Å². The van der Waals surface area contributed by atoms with Gasteiger partial charge in [0.05, 0.1) is 5.69 Å². The van der Waals surface area contributed by atoms with Crippen LogP contribution in [0, 0.1) is 13.8 Å². The molecule has 0 aliphatic carbocycles. The quantitative estimate of drug-likeness (QED) is 0.883. The van der Waals surface area contributed by atoms with E-state index >= 15 is 0 Å². The Morgan fingerprint density at radius 3 is 2.31 bits per heavy atom. The number of aromatic nitrogens is 1. The van der Waals surface area contributed by atoms with Gasteiger partial charge in [-0.3, -0.25) is 0 Å². The van der Waals surface area contributed by atoms with Gasteiger partial charge in [0.1, 0.15) is 16.4 Å². The van der Waals surface area contributed by atoms with Crippen LogP contribution in [0.5, 0.6) is 0 Å². The van der Waals surface area contributed by atoms with Crippen LogP contribution in [0.3, 0.4) is 0 Å². The molecule has 0 aromatic carbocycles. The Kier molecular flexibility index (Phi) is 4.06. The summed E-state index contributed by atoms with van der Waals surface area (Å²) in [6, 6.07) is 0. The van der Waals surface area contributed by atoms with Crippen molar-refractivity contribution in [3.8, 4) is 0 Å². The maximum Gasteiger partial charge on any atom is 0.214 e. The van der Waals surface area contributed by atoms with Crippen molar-refractivity contribution in [2.45, 2.75) is 32.1 Å². The first-order valence-electron chi connectivity index (χ1n) is 4.75. The molecule has 7 heteroatoms. The molecule has 1 aromatic heterocycles. The second kappa shape index (κ2) is 4.79. The highest BCUT2D eigenvalue weighted by atomic mass is 32.2. The van der Waals surface area contributed by atoms with Gasteiger partial charge in [-0.25, -0.2) is 18.5 Å². The van der Waals surface area contributed by atoms with E-state index in [1.807, 2.05) is 13.8 Å². The van der Waals surface area contributed by atoms with Crippen molar-refractivity contribution in [1.29, 1.82) is 0 Å². The number of aryl methyl sites for hydroxylation is 2. The zero-order valence-electron chi connectivity index (χ0n) is 9.72. The van der Waals surface area contributed by atoms with Gasteiger partial charge < -0.3 is 4.74 Å². The van der Waals surface area contributed by atoms with Crippen LogP contribution < -0.4 is 5.14 Å². The molecule has 0 amide bonds. The number of rotatable bonds is 4. The lowest BCUT2D eigenvalue weighted by Crippen LogP contribution is -2.32. The van der Waals surface area contributed by atoms with Crippen LogP contribution in [0.1, 0.15) is 28.6 Å². The van der Waals surface area contributed by atoms with Crippen LogP contribution in [0.15, 0.2) is 0 Å². The fourth-order valence-electron chi connectivity index (χ4n) is 1.28. The minimum atomic E-state index is -3.62. The van der Waals surface area contributed by atoms with Crippen LogP contribution in [0.25, 0.3) is 0 Å². The smallest absolute Gasteiger partial charge is 0.214 e. The number of methoxy groups -OCH3 is 1. The molecular formula is C9H16N2O3S2. The molecule has 0 bridgehead atoms. The zero-order valence-corrected chi connectivity index (χ0v) is 11.4. The molecule has 0 saturated carbocycles. The van der Waals surface area contributed by atoms with Gasteiger partial charge in [-0.05, 0) is 20.8 Å². The highest BCUT2D eigenvalue weighted by molar-refractivity contribution is 7.89. The van der Waals surface area contributed by atoms with Crippen molar-refractivity contribution in [3.05, 3.63) is 15.6 Å². The molecular weight excluding hydrogens is 248 g/mol. The van der Waals surface area contributed by atoms with Crippen LogP contribution in [-0.4, -0.2) is 25.8 Å². The average Bonchev–Trinajstić information content (AvgIpc) is 2.46. The normalized spacial score (nSPS) is 16.1. The number of sulfonamides is 1. The SMILES string of the molecule is CO[C@@H](c1nc(C)c(C)s1)[C@H](C)S(N)(=O)=O. The number of primary sulfonamides is 1. The molecule has 2 atom stereocenters. The summed E-state index contributed by atoms with van der Waals surface area (Å²) in [4.78, 5) is 5.34. The number of thiazole rings is 1.